The molecule has 7 nitrogen and oxygen atoms in total. The average molecular weight is 230 g/mol. The molecule has 0 aliphatic rings. The summed E-state index contributed by atoms with van der Waals surface area (Å²) < 4.78 is 0. The van der Waals surface area contributed by atoms with Gasteiger partial charge in [0, 0.05) is 51.4 Å². The summed E-state index contributed by atoms with van der Waals surface area (Å²) in [6, 6.07) is 0. The molecule has 8 heteroatoms. The largest absolute Gasteiger partial charge is 0.480 e. The van der Waals surface area contributed by atoms with Crippen molar-refractivity contribution in [3.8, 4) is 0 Å². The third-order valence-corrected chi connectivity index (χ3v) is 1.08. The molecule has 0 rings (SSSR count). The van der Waals surface area contributed by atoms with Crippen LogP contribution in [0.5, 0.6) is 0 Å². The van der Waals surface area contributed by atoms with Gasteiger partial charge in [0.05, 0.1) is 19.6 Å². The molecule has 0 amide bonds. The Hall–Kier alpha value is 0.00636. The van der Waals surface area contributed by atoms with E-state index >= 15 is 0 Å². The van der Waals surface area contributed by atoms with Crippen LogP contribution in [0.4, 0.5) is 0 Å². The molecule has 0 aliphatic carbocycles. The van der Waals surface area contributed by atoms with E-state index in [0.29, 0.717) is 0 Å². The van der Waals surface area contributed by atoms with E-state index in [2.05, 4.69) is 0 Å². The van der Waals surface area contributed by atoms with Crippen molar-refractivity contribution in [3.05, 3.63) is 0 Å². The second-order valence-corrected chi connectivity index (χ2v) is 2.33. The molecular formula is C6H9KNO6. The van der Waals surface area contributed by atoms with Crippen molar-refractivity contribution in [2.75, 3.05) is 19.6 Å². The van der Waals surface area contributed by atoms with Crippen molar-refractivity contribution < 1.29 is 29.7 Å². The zero-order valence-electron chi connectivity index (χ0n) is 7.63. The number of carboxylic acid groups (broad SMARTS) is 3. The van der Waals surface area contributed by atoms with Gasteiger partial charge in [-0.3, -0.25) is 19.3 Å². The number of carboxylic acids is 3. The zero-order chi connectivity index (χ0) is 10.4. The molecule has 0 bridgehead atoms. The minimum absolute atomic E-state index is 0. The number of aliphatic carboxylic acids is 3. The number of rotatable bonds is 6. The van der Waals surface area contributed by atoms with Crippen LogP contribution < -0.4 is 0 Å². The van der Waals surface area contributed by atoms with E-state index in [0.717, 1.165) is 4.90 Å². The Morgan fingerprint density at radius 1 is 0.786 bits per heavy atom. The van der Waals surface area contributed by atoms with Crippen LogP contribution in [0.15, 0.2) is 0 Å². The maximum absolute atomic E-state index is 10.1. The van der Waals surface area contributed by atoms with Crippen molar-refractivity contribution in [1.82, 2.24) is 4.90 Å². The van der Waals surface area contributed by atoms with E-state index in [4.69, 9.17) is 15.3 Å². The van der Waals surface area contributed by atoms with Gasteiger partial charge in [0.15, 0.2) is 0 Å². The monoisotopic (exact) mass is 230 g/mol. The first-order valence-corrected chi connectivity index (χ1v) is 3.29. The van der Waals surface area contributed by atoms with Crippen LogP contribution in [0.25, 0.3) is 0 Å². The first-order chi connectivity index (χ1) is 5.91. The zero-order valence-corrected chi connectivity index (χ0v) is 10.8. The predicted octanol–water partition coefficient (Wildman–Crippen LogP) is -1.84. The Morgan fingerprint density at radius 2 is 1.00 bits per heavy atom. The number of nitrogens with zero attached hydrogens (tertiary/aromatic N) is 1. The Kier molecular flexibility index (Phi) is 9.77. The van der Waals surface area contributed by atoms with E-state index in [9.17, 15) is 14.4 Å². The predicted molar refractivity (Wildman–Crippen MR) is 45.1 cm³/mol. The van der Waals surface area contributed by atoms with Gasteiger partial charge in [0.2, 0.25) is 0 Å². The fourth-order valence-electron chi connectivity index (χ4n) is 0.742. The minimum atomic E-state index is -1.26. The molecule has 0 spiro atoms. The van der Waals surface area contributed by atoms with E-state index < -0.39 is 37.5 Å². The van der Waals surface area contributed by atoms with Gasteiger partial charge in [-0.25, -0.2) is 0 Å². The summed E-state index contributed by atoms with van der Waals surface area (Å²) in [5, 5.41) is 24.8. The third kappa shape index (κ3) is 10.1. The molecule has 0 heterocycles. The Labute approximate surface area is 122 Å². The van der Waals surface area contributed by atoms with Gasteiger partial charge < -0.3 is 15.3 Å². The normalized spacial score (nSPS) is 9.21. The molecular weight excluding hydrogens is 221 g/mol. The van der Waals surface area contributed by atoms with Crippen LogP contribution in [0.2, 0.25) is 0 Å². The van der Waals surface area contributed by atoms with E-state index in [-0.39, 0.29) is 51.4 Å². The van der Waals surface area contributed by atoms with Crippen LogP contribution in [-0.2, 0) is 14.4 Å². The smallest absolute Gasteiger partial charge is 0.317 e. The van der Waals surface area contributed by atoms with E-state index in [1.54, 1.807) is 0 Å². The molecule has 0 saturated heterocycles. The van der Waals surface area contributed by atoms with Crippen molar-refractivity contribution in [3.63, 3.8) is 0 Å². The first kappa shape index (κ1) is 16.4. The summed E-state index contributed by atoms with van der Waals surface area (Å²) in [5.74, 6) is -3.78. The van der Waals surface area contributed by atoms with Gasteiger partial charge in [-0.15, -0.1) is 0 Å². The Bertz CT molecular complexity index is 192. The first-order valence-electron chi connectivity index (χ1n) is 3.29. The van der Waals surface area contributed by atoms with Gasteiger partial charge in [-0.05, 0) is 0 Å². The van der Waals surface area contributed by atoms with Gasteiger partial charge in [-0.2, -0.15) is 0 Å². The molecule has 0 unspecified atom stereocenters. The minimum Gasteiger partial charge on any atom is -0.480 e. The van der Waals surface area contributed by atoms with Crippen LogP contribution in [-0.4, -0.2) is 109 Å². The number of hydrogen-bond acceptors (Lipinski definition) is 4. The Morgan fingerprint density at radius 3 is 1.14 bits per heavy atom. The summed E-state index contributed by atoms with van der Waals surface area (Å²) in [6.45, 7) is -1.80. The molecule has 1 radical (unpaired) electrons. The molecule has 14 heavy (non-hydrogen) atoms. The van der Waals surface area contributed by atoms with Crippen LogP contribution in [0.1, 0.15) is 0 Å². The molecule has 0 atom stereocenters. The van der Waals surface area contributed by atoms with Gasteiger partial charge >= 0.3 is 17.9 Å². The third-order valence-electron chi connectivity index (χ3n) is 1.08. The summed E-state index contributed by atoms with van der Waals surface area (Å²) in [7, 11) is 0. The van der Waals surface area contributed by atoms with Crippen molar-refractivity contribution in [2.24, 2.45) is 0 Å². The second-order valence-electron chi connectivity index (χ2n) is 2.33. The summed E-state index contributed by atoms with van der Waals surface area (Å²) in [4.78, 5) is 31.2. The van der Waals surface area contributed by atoms with E-state index in [1.165, 1.54) is 0 Å². The summed E-state index contributed by atoms with van der Waals surface area (Å²) in [6.07, 6.45) is 0. The maximum atomic E-state index is 10.1. The standard InChI is InChI=1S/C6H9NO6.K/c8-4(9)1-7(2-5(10)11)3-6(12)13;/h1-3H2,(H,8,9)(H,10,11)(H,12,13);. The molecule has 0 aliphatic heterocycles. The number of hydrogen-bond donors (Lipinski definition) is 3. The van der Waals surface area contributed by atoms with Gasteiger partial charge in [0.25, 0.3) is 0 Å². The van der Waals surface area contributed by atoms with Crippen LogP contribution in [0, 0.1) is 0 Å². The maximum Gasteiger partial charge on any atom is 0.317 e. The number of carbonyl (C=O) groups is 3. The average Bonchev–Trinajstić information content (AvgIpc) is 1.80. The summed E-state index contributed by atoms with van der Waals surface area (Å²) in [5.41, 5.74) is 0. The molecule has 3 N–H and O–H groups in total. The second kappa shape index (κ2) is 8.33. The van der Waals surface area contributed by atoms with Crippen molar-refractivity contribution in [2.45, 2.75) is 0 Å². The fourth-order valence-corrected chi connectivity index (χ4v) is 0.742. The van der Waals surface area contributed by atoms with Crippen LogP contribution >= 0.6 is 0 Å². The van der Waals surface area contributed by atoms with Crippen molar-refractivity contribution >= 4 is 69.3 Å². The molecule has 75 valence electrons. The molecule has 0 aromatic heterocycles. The van der Waals surface area contributed by atoms with Gasteiger partial charge in [-0.1, -0.05) is 0 Å². The van der Waals surface area contributed by atoms with E-state index in [1.807, 2.05) is 0 Å². The SMILES string of the molecule is O=C(O)CN(CC(=O)O)CC(=O)O.[K]. The molecule has 0 aromatic rings. The summed E-state index contributed by atoms with van der Waals surface area (Å²) >= 11 is 0. The quantitative estimate of drug-likeness (QED) is 0.459. The van der Waals surface area contributed by atoms with Crippen LogP contribution in [0.3, 0.4) is 0 Å². The van der Waals surface area contributed by atoms with Crippen molar-refractivity contribution in [1.29, 1.82) is 0 Å². The molecule has 0 fully saturated rings. The molecule has 0 aromatic carbocycles. The Balaban J connectivity index is 0. The topological polar surface area (TPSA) is 115 Å². The molecule has 0 saturated carbocycles. The fraction of sp³-hybridized carbons (Fsp3) is 0.500. The van der Waals surface area contributed by atoms with Gasteiger partial charge in [0.1, 0.15) is 0 Å².